The maximum absolute atomic E-state index is 12.8. The molecule has 3 heterocycles. The normalized spacial score (nSPS) is 23.8. The molecule has 1 aromatic carbocycles. The van der Waals surface area contributed by atoms with E-state index < -0.39 is 0 Å². The molecule has 0 aliphatic carbocycles. The van der Waals surface area contributed by atoms with E-state index >= 15 is 0 Å². The number of hydrogen-bond acceptors (Lipinski definition) is 5. The monoisotopic (exact) mass is 461 g/mol. The molecule has 1 spiro atoms. The molecule has 3 aliphatic heterocycles. The van der Waals surface area contributed by atoms with Gasteiger partial charge in [-0.05, 0) is 58.0 Å². The van der Waals surface area contributed by atoms with E-state index in [1.807, 2.05) is 42.1 Å². The number of piperazine rings is 1. The van der Waals surface area contributed by atoms with Gasteiger partial charge in [0, 0.05) is 62.6 Å². The van der Waals surface area contributed by atoms with Crippen LogP contribution in [0, 0.1) is 5.41 Å². The number of carbonyl (C=O) groups excluding carboxylic acids is 2. The van der Waals surface area contributed by atoms with Crippen molar-refractivity contribution in [2.45, 2.75) is 31.7 Å². The number of amides is 2. The van der Waals surface area contributed by atoms with Crippen molar-refractivity contribution in [2.24, 2.45) is 5.41 Å². The van der Waals surface area contributed by atoms with Crippen LogP contribution in [0.4, 0.5) is 5.69 Å². The number of halogens is 1. The van der Waals surface area contributed by atoms with Crippen LogP contribution in [0.5, 0.6) is 0 Å². The molecule has 8 heteroatoms. The minimum absolute atomic E-state index is 0.164. The molecule has 1 N–H and O–H groups in total. The number of nitrogens with zero attached hydrogens (tertiary/aromatic N) is 4. The molecular formula is C24H36ClN5O2. The van der Waals surface area contributed by atoms with Crippen molar-refractivity contribution >= 4 is 29.1 Å². The maximum atomic E-state index is 12.8. The predicted octanol–water partition coefficient (Wildman–Crippen LogP) is 1.91. The van der Waals surface area contributed by atoms with Gasteiger partial charge in [0.05, 0.1) is 12.0 Å². The molecule has 176 valence electrons. The minimum Gasteiger partial charge on any atom is -0.369 e. The van der Waals surface area contributed by atoms with Crippen LogP contribution in [0.1, 0.15) is 25.7 Å². The predicted molar refractivity (Wildman–Crippen MR) is 128 cm³/mol. The van der Waals surface area contributed by atoms with Crippen LogP contribution in [0.15, 0.2) is 24.3 Å². The van der Waals surface area contributed by atoms with E-state index in [0.29, 0.717) is 19.6 Å². The first kappa shape index (κ1) is 23.3. The Balaban J connectivity index is 1.21. The molecule has 1 atom stereocenters. The summed E-state index contributed by atoms with van der Waals surface area (Å²) in [6.45, 7) is 6.89. The molecule has 7 nitrogen and oxygen atoms in total. The molecule has 0 radical (unpaired) electrons. The zero-order valence-corrected chi connectivity index (χ0v) is 20.1. The van der Waals surface area contributed by atoms with Crippen molar-refractivity contribution in [2.75, 3.05) is 71.4 Å². The Bertz CT molecular complexity index is 816. The first-order valence-corrected chi connectivity index (χ1v) is 12.2. The molecule has 1 unspecified atom stereocenters. The smallest absolute Gasteiger partial charge is 0.236 e. The quantitative estimate of drug-likeness (QED) is 0.701. The van der Waals surface area contributed by atoms with Crippen molar-refractivity contribution in [3.05, 3.63) is 29.3 Å². The van der Waals surface area contributed by atoms with Crippen LogP contribution in [0.25, 0.3) is 0 Å². The molecule has 3 fully saturated rings. The number of carbonyl (C=O) groups is 2. The molecule has 3 aliphatic rings. The Morgan fingerprint density at radius 2 is 1.88 bits per heavy atom. The SMILES string of the molecule is CN(C)CC(=O)N1CCC2(CC1)CC(CCN1CCN(c3cccc(Cl)c3)CC1)NC2=O. The lowest BCUT2D eigenvalue weighted by Gasteiger charge is -2.38. The fraction of sp³-hybridized carbons (Fsp3) is 0.667. The van der Waals surface area contributed by atoms with Gasteiger partial charge in [0.15, 0.2) is 0 Å². The molecule has 0 bridgehead atoms. The summed E-state index contributed by atoms with van der Waals surface area (Å²) in [6.07, 6.45) is 3.47. The first-order chi connectivity index (χ1) is 15.3. The van der Waals surface area contributed by atoms with Crippen LogP contribution in [0.2, 0.25) is 5.02 Å². The average molecular weight is 462 g/mol. The van der Waals surface area contributed by atoms with Crippen molar-refractivity contribution in [3.63, 3.8) is 0 Å². The third kappa shape index (κ3) is 5.38. The van der Waals surface area contributed by atoms with Crippen molar-refractivity contribution < 1.29 is 9.59 Å². The fourth-order valence-corrected chi connectivity index (χ4v) is 5.54. The standard InChI is InChI=1S/C24H36ClN5O2/c1-27(2)18-22(31)30-10-7-24(8-11-30)17-20(26-23(24)32)6-9-28-12-14-29(15-13-28)21-5-3-4-19(25)16-21/h3-5,16,20H,6-15,17-18H2,1-2H3,(H,26,32). The lowest BCUT2D eigenvalue weighted by atomic mass is 9.75. The Morgan fingerprint density at radius 3 is 2.53 bits per heavy atom. The number of rotatable bonds is 6. The summed E-state index contributed by atoms with van der Waals surface area (Å²) in [5.74, 6) is 0.365. The highest BCUT2D eigenvalue weighted by atomic mass is 35.5. The van der Waals surface area contributed by atoms with Crippen molar-refractivity contribution in [1.29, 1.82) is 0 Å². The lowest BCUT2D eigenvalue weighted by Crippen LogP contribution is -2.48. The van der Waals surface area contributed by atoms with Gasteiger partial charge in [0.2, 0.25) is 11.8 Å². The Morgan fingerprint density at radius 1 is 1.16 bits per heavy atom. The second-order valence-electron chi connectivity index (χ2n) is 9.87. The average Bonchev–Trinajstić information content (AvgIpc) is 3.07. The molecule has 32 heavy (non-hydrogen) atoms. The summed E-state index contributed by atoms with van der Waals surface area (Å²) in [4.78, 5) is 33.9. The summed E-state index contributed by atoms with van der Waals surface area (Å²) in [6, 6.07) is 8.32. The molecule has 3 saturated heterocycles. The highest BCUT2D eigenvalue weighted by molar-refractivity contribution is 6.30. The van der Waals surface area contributed by atoms with Crippen LogP contribution >= 0.6 is 11.6 Å². The van der Waals surface area contributed by atoms with Gasteiger partial charge >= 0.3 is 0 Å². The second kappa shape index (κ2) is 9.98. The Hall–Kier alpha value is -1.83. The van der Waals surface area contributed by atoms with E-state index in [-0.39, 0.29) is 23.3 Å². The topological polar surface area (TPSA) is 59.1 Å². The maximum Gasteiger partial charge on any atom is 0.236 e. The van der Waals surface area contributed by atoms with Gasteiger partial charge in [-0.3, -0.25) is 14.5 Å². The van der Waals surface area contributed by atoms with Gasteiger partial charge < -0.3 is 20.0 Å². The molecular weight excluding hydrogens is 426 g/mol. The highest BCUT2D eigenvalue weighted by Gasteiger charge is 2.48. The van der Waals surface area contributed by atoms with Gasteiger partial charge in [-0.1, -0.05) is 17.7 Å². The van der Waals surface area contributed by atoms with Gasteiger partial charge in [-0.2, -0.15) is 0 Å². The largest absolute Gasteiger partial charge is 0.369 e. The number of nitrogens with one attached hydrogen (secondary N) is 1. The Labute approximate surface area is 196 Å². The van der Waals surface area contributed by atoms with Crippen molar-refractivity contribution in [3.8, 4) is 0 Å². The minimum atomic E-state index is -0.273. The highest BCUT2D eigenvalue weighted by Crippen LogP contribution is 2.41. The summed E-state index contributed by atoms with van der Waals surface area (Å²) in [5, 5.41) is 4.05. The second-order valence-corrected chi connectivity index (χ2v) is 10.3. The first-order valence-electron chi connectivity index (χ1n) is 11.8. The molecule has 1 aromatic rings. The number of piperidine rings is 1. The van der Waals surface area contributed by atoms with E-state index in [9.17, 15) is 9.59 Å². The van der Waals surface area contributed by atoms with Crippen LogP contribution in [0.3, 0.4) is 0 Å². The van der Waals surface area contributed by atoms with Crippen molar-refractivity contribution in [1.82, 2.24) is 20.0 Å². The van der Waals surface area contributed by atoms with E-state index in [4.69, 9.17) is 11.6 Å². The molecule has 2 amide bonds. The number of benzene rings is 1. The number of likely N-dealkylation sites (N-methyl/N-ethyl adjacent to an activating group) is 1. The molecule has 4 rings (SSSR count). The van der Waals surface area contributed by atoms with E-state index in [0.717, 1.165) is 63.4 Å². The lowest BCUT2D eigenvalue weighted by molar-refractivity contribution is -0.138. The third-order valence-electron chi connectivity index (χ3n) is 7.32. The zero-order chi connectivity index (χ0) is 22.7. The summed E-state index contributed by atoms with van der Waals surface area (Å²) >= 11 is 6.14. The third-order valence-corrected chi connectivity index (χ3v) is 7.55. The van der Waals surface area contributed by atoms with Gasteiger partial charge in [-0.25, -0.2) is 0 Å². The summed E-state index contributed by atoms with van der Waals surface area (Å²) in [7, 11) is 3.82. The Kier molecular flexibility index (Phi) is 7.27. The molecule has 0 aromatic heterocycles. The summed E-state index contributed by atoms with van der Waals surface area (Å²) in [5.41, 5.74) is 0.919. The number of anilines is 1. The number of hydrogen-bond donors (Lipinski definition) is 1. The van der Waals surface area contributed by atoms with E-state index in [1.54, 1.807) is 0 Å². The van der Waals surface area contributed by atoms with Gasteiger partial charge in [-0.15, -0.1) is 0 Å². The van der Waals surface area contributed by atoms with E-state index in [2.05, 4.69) is 21.2 Å². The van der Waals surface area contributed by atoms with Crippen LogP contribution in [-0.2, 0) is 9.59 Å². The van der Waals surface area contributed by atoms with Crippen LogP contribution in [-0.4, -0.2) is 99.0 Å². The molecule has 0 saturated carbocycles. The zero-order valence-electron chi connectivity index (χ0n) is 19.4. The van der Waals surface area contributed by atoms with Gasteiger partial charge in [0.25, 0.3) is 0 Å². The summed E-state index contributed by atoms with van der Waals surface area (Å²) < 4.78 is 0. The fourth-order valence-electron chi connectivity index (χ4n) is 5.35. The number of likely N-dealkylation sites (tertiary alicyclic amines) is 1. The van der Waals surface area contributed by atoms with Gasteiger partial charge in [0.1, 0.15) is 0 Å². The van der Waals surface area contributed by atoms with E-state index in [1.165, 1.54) is 5.69 Å². The van der Waals surface area contributed by atoms with Crippen LogP contribution < -0.4 is 10.2 Å².